The fourth-order valence-electron chi connectivity index (χ4n) is 1.69. The zero-order chi connectivity index (χ0) is 11.6. The lowest BCUT2D eigenvalue weighted by Crippen LogP contribution is -2.56. The maximum atomic E-state index is 12.4. The number of aromatic nitrogens is 1. The van der Waals surface area contributed by atoms with E-state index in [1.807, 2.05) is 6.07 Å². The Labute approximate surface area is 91.1 Å². The second-order valence-corrected chi connectivity index (χ2v) is 3.72. The number of nitrogens with zero attached hydrogens (tertiary/aromatic N) is 1. The quantitative estimate of drug-likeness (QED) is 0.763. The molecule has 88 valence electrons. The minimum atomic E-state index is -4.19. The van der Waals surface area contributed by atoms with Crippen molar-refractivity contribution in [2.24, 2.45) is 0 Å². The van der Waals surface area contributed by atoms with Crippen molar-refractivity contribution in [3.63, 3.8) is 0 Å². The summed E-state index contributed by atoms with van der Waals surface area (Å²) in [6.45, 7) is 0.117. The van der Waals surface area contributed by atoms with Gasteiger partial charge in [-0.05, 0) is 12.1 Å². The standard InChI is InChI=1S/C10H12F3N3/c11-10(12,13)9-6-15-8(5-16-9)7-3-1-2-4-14-7/h1-4,8-9,15-16H,5-6H2. The Morgan fingerprint density at radius 2 is 2.00 bits per heavy atom. The van der Waals surface area contributed by atoms with E-state index in [1.54, 1.807) is 18.3 Å². The van der Waals surface area contributed by atoms with Gasteiger partial charge in [0.15, 0.2) is 0 Å². The molecular weight excluding hydrogens is 219 g/mol. The molecule has 2 atom stereocenters. The molecule has 0 spiro atoms. The fraction of sp³-hybridized carbons (Fsp3) is 0.500. The summed E-state index contributed by atoms with van der Waals surface area (Å²) in [5, 5.41) is 5.33. The smallest absolute Gasteiger partial charge is 0.306 e. The molecule has 1 aromatic heterocycles. The molecule has 0 aliphatic carbocycles. The predicted molar refractivity (Wildman–Crippen MR) is 52.8 cm³/mol. The molecule has 2 unspecified atom stereocenters. The van der Waals surface area contributed by atoms with Crippen molar-refractivity contribution in [2.45, 2.75) is 18.3 Å². The maximum absolute atomic E-state index is 12.4. The SMILES string of the molecule is FC(F)(F)C1CNC(c2ccccn2)CN1. The van der Waals surface area contributed by atoms with E-state index in [0.29, 0.717) is 0 Å². The van der Waals surface area contributed by atoms with E-state index in [-0.39, 0.29) is 19.1 Å². The first kappa shape index (κ1) is 11.3. The normalized spacial score (nSPS) is 26.7. The van der Waals surface area contributed by atoms with Gasteiger partial charge in [0, 0.05) is 19.3 Å². The van der Waals surface area contributed by atoms with E-state index in [1.165, 1.54) is 0 Å². The van der Waals surface area contributed by atoms with Gasteiger partial charge in [0.2, 0.25) is 0 Å². The molecule has 1 aromatic rings. The Balaban J connectivity index is 1.96. The van der Waals surface area contributed by atoms with Gasteiger partial charge >= 0.3 is 6.18 Å². The molecule has 1 aliphatic rings. The van der Waals surface area contributed by atoms with Crippen LogP contribution in [0.1, 0.15) is 11.7 Å². The highest BCUT2D eigenvalue weighted by Crippen LogP contribution is 2.23. The van der Waals surface area contributed by atoms with Gasteiger partial charge in [0.1, 0.15) is 6.04 Å². The molecule has 0 bridgehead atoms. The summed E-state index contributed by atoms with van der Waals surface area (Å²) in [4.78, 5) is 4.11. The van der Waals surface area contributed by atoms with Crippen molar-refractivity contribution < 1.29 is 13.2 Å². The van der Waals surface area contributed by atoms with Crippen LogP contribution in [0.15, 0.2) is 24.4 Å². The molecule has 3 nitrogen and oxygen atoms in total. The third-order valence-electron chi connectivity index (χ3n) is 2.58. The number of piperazine rings is 1. The number of alkyl halides is 3. The molecule has 1 aliphatic heterocycles. The van der Waals surface area contributed by atoms with E-state index in [0.717, 1.165) is 5.69 Å². The van der Waals surface area contributed by atoms with Gasteiger partial charge in [-0.2, -0.15) is 13.2 Å². The average Bonchev–Trinajstić information content (AvgIpc) is 2.29. The van der Waals surface area contributed by atoms with Crippen molar-refractivity contribution in [1.82, 2.24) is 15.6 Å². The summed E-state index contributed by atoms with van der Waals surface area (Å²) in [7, 11) is 0. The van der Waals surface area contributed by atoms with E-state index in [4.69, 9.17) is 0 Å². The largest absolute Gasteiger partial charge is 0.405 e. The van der Waals surface area contributed by atoms with Crippen LogP contribution < -0.4 is 10.6 Å². The van der Waals surface area contributed by atoms with Crippen LogP contribution in [0.2, 0.25) is 0 Å². The first-order valence-electron chi connectivity index (χ1n) is 5.02. The number of hydrogen-bond donors (Lipinski definition) is 2. The number of halogens is 3. The summed E-state index contributed by atoms with van der Waals surface area (Å²) >= 11 is 0. The third kappa shape index (κ3) is 2.51. The maximum Gasteiger partial charge on any atom is 0.405 e. The van der Waals surface area contributed by atoms with Gasteiger partial charge in [-0.25, -0.2) is 0 Å². The lowest BCUT2D eigenvalue weighted by atomic mass is 10.1. The van der Waals surface area contributed by atoms with Crippen LogP contribution in [0, 0.1) is 0 Å². The number of pyridine rings is 1. The molecule has 0 saturated carbocycles. The summed E-state index contributed by atoms with van der Waals surface area (Å²) in [5.74, 6) is 0. The molecule has 2 N–H and O–H groups in total. The number of hydrogen-bond acceptors (Lipinski definition) is 3. The highest BCUT2D eigenvalue weighted by Gasteiger charge is 2.41. The first-order valence-corrected chi connectivity index (χ1v) is 5.02. The molecule has 1 saturated heterocycles. The number of rotatable bonds is 1. The minimum absolute atomic E-state index is 0.120. The van der Waals surface area contributed by atoms with Gasteiger partial charge in [-0.3, -0.25) is 4.98 Å². The van der Waals surface area contributed by atoms with E-state index in [9.17, 15) is 13.2 Å². The van der Waals surface area contributed by atoms with Crippen molar-refractivity contribution in [1.29, 1.82) is 0 Å². The van der Waals surface area contributed by atoms with E-state index in [2.05, 4.69) is 15.6 Å². The molecule has 2 rings (SSSR count). The highest BCUT2D eigenvalue weighted by molar-refractivity contribution is 5.10. The Hall–Kier alpha value is -1.14. The lowest BCUT2D eigenvalue weighted by molar-refractivity contribution is -0.158. The van der Waals surface area contributed by atoms with Crippen LogP contribution in [0.25, 0.3) is 0 Å². The Kier molecular flexibility index (Phi) is 3.11. The molecular formula is C10H12F3N3. The van der Waals surface area contributed by atoms with Crippen LogP contribution in [0.5, 0.6) is 0 Å². The van der Waals surface area contributed by atoms with Crippen LogP contribution in [0.4, 0.5) is 13.2 Å². The van der Waals surface area contributed by atoms with Crippen LogP contribution >= 0.6 is 0 Å². The topological polar surface area (TPSA) is 37.0 Å². The average molecular weight is 231 g/mol. The van der Waals surface area contributed by atoms with E-state index >= 15 is 0 Å². The van der Waals surface area contributed by atoms with Gasteiger partial charge in [0.05, 0.1) is 11.7 Å². The van der Waals surface area contributed by atoms with Gasteiger partial charge in [-0.15, -0.1) is 0 Å². The molecule has 1 fully saturated rings. The van der Waals surface area contributed by atoms with Gasteiger partial charge < -0.3 is 10.6 Å². The van der Waals surface area contributed by atoms with Crippen LogP contribution in [-0.4, -0.2) is 30.3 Å². The van der Waals surface area contributed by atoms with Crippen LogP contribution in [-0.2, 0) is 0 Å². The Morgan fingerprint density at radius 3 is 2.50 bits per heavy atom. The Bertz CT molecular complexity index is 331. The first-order chi connectivity index (χ1) is 7.57. The zero-order valence-corrected chi connectivity index (χ0v) is 8.46. The van der Waals surface area contributed by atoms with Crippen LogP contribution in [0.3, 0.4) is 0 Å². The lowest BCUT2D eigenvalue weighted by Gasteiger charge is -2.31. The fourth-order valence-corrected chi connectivity index (χ4v) is 1.69. The summed E-state index contributed by atoms with van der Waals surface area (Å²) < 4.78 is 37.1. The van der Waals surface area contributed by atoms with E-state index < -0.39 is 12.2 Å². The molecule has 0 aromatic carbocycles. The highest BCUT2D eigenvalue weighted by atomic mass is 19.4. The third-order valence-corrected chi connectivity index (χ3v) is 2.58. The summed E-state index contributed by atoms with van der Waals surface area (Å²) in [6.07, 6.45) is -2.56. The molecule has 2 heterocycles. The minimum Gasteiger partial charge on any atom is -0.306 e. The van der Waals surface area contributed by atoms with Gasteiger partial charge in [0.25, 0.3) is 0 Å². The van der Waals surface area contributed by atoms with Crippen molar-refractivity contribution in [3.05, 3.63) is 30.1 Å². The molecule has 0 amide bonds. The Morgan fingerprint density at radius 1 is 1.19 bits per heavy atom. The number of nitrogens with one attached hydrogen (secondary N) is 2. The predicted octanol–water partition coefficient (Wildman–Crippen LogP) is 1.25. The molecule has 16 heavy (non-hydrogen) atoms. The second kappa shape index (κ2) is 4.39. The second-order valence-electron chi connectivity index (χ2n) is 3.72. The summed E-state index contributed by atoms with van der Waals surface area (Å²) in [6, 6.07) is 3.78. The van der Waals surface area contributed by atoms with Crippen molar-refractivity contribution >= 4 is 0 Å². The molecule has 6 heteroatoms. The van der Waals surface area contributed by atoms with Gasteiger partial charge in [-0.1, -0.05) is 6.07 Å². The van der Waals surface area contributed by atoms with Crippen molar-refractivity contribution in [2.75, 3.05) is 13.1 Å². The molecule has 0 radical (unpaired) electrons. The zero-order valence-electron chi connectivity index (χ0n) is 8.46. The summed E-state index contributed by atoms with van der Waals surface area (Å²) in [5.41, 5.74) is 0.760. The van der Waals surface area contributed by atoms with Crippen molar-refractivity contribution in [3.8, 4) is 0 Å². The monoisotopic (exact) mass is 231 g/mol.